The lowest BCUT2D eigenvalue weighted by Crippen LogP contribution is -1.82. The number of nitrogens with zero attached hydrogens (tertiary/aromatic N) is 1. The third kappa shape index (κ3) is 1.21. The molecule has 0 unspecified atom stereocenters. The van der Waals surface area contributed by atoms with E-state index in [0.29, 0.717) is 11.4 Å². The van der Waals surface area contributed by atoms with Gasteiger partial charge in [0.15, 0.2) is 0 Å². The second-order valence-corrected chi connectivity index (χ2v) is 1.76. The van der Waals surface area contributed by atoms with Gasteiger partial charge in [-0.3, -0.25) is 0 Å². The summed E-state index contributed by atoms with van der Waals surface area (Å²) in [4.78, 5) is 13.2. The van der Waals surface area contributed by atoms with Gasteiger partial charge in [0.2, 0.25) is 6.08 Å². The first-order chi connectivity index (χ1) is 4.84. The van der Waals surface area contributed by atoms with Crippen molar-refractivity contribution < 1.29 is 4.79 Å². The molecule has 0 amide bonds. The van der Waals surface area contributed by atoms with Gasteiger partial charge in [0.05, 0.1) is 11.4 Å². The van der Waals surface area contributed by atoms with E-state index in [0.717, 1.165) is 0 Å². The van der Waals surface area contributed by atoms with Crippen LogP contribution in [0.25, 0.3) is 0 Å². The Kier molecular flexibility index (Phi) is 1.83. The van der Waals surface area contributed by atoms with Crippen LogP contribution in [0.2, 0.25) is 0 Å². The number of aliphatic imine (C=N–C) groups is 1. The van der Waals surface area contributed by atoms with Crippen LogP contribution < -0.4 is 5.73 Å². The maximum Gasteiger partial charge on any atom is 0.240 e. The van der Waals surface area contributed by atoms with Crippen LogP contribution in [-0.4, -0.2) is 6.08 Å². The fraction of sp³-hybridized carbons (Fsp3) is 0. The Morgan fingerprint density at radius 1 is 1.40 bits per heavy atom. The molecule has 50 valence electrons. The molecule has 0 aliphatic rings. The van der Waals surface area contributed by atoms with Gasteiger partial charge in [0.25, 0.3) is 0 Å². The fourth-order valence-corrected chi connectivity index (χ4v) is 0.639. The van der Waals surface area contributed by atoms with Crippen LogP contribution in [0.1, 0.15) is 0 Å². The van der Waals surface area contributed by atoms with E-state index in [1.54, 1.807) is 24.3 Å². The Hall–Kier alpha value is -1.60. The van der Waals surface area contributed by atoms with Crippen molar-refractivity contribution in [2.24, 2.45) is 4.99 Å². The minimum atomic E-state index is 0.470. The van der Waals surface area contributed by atoms with E-state index in [-0.39, 0.29) is 0 Å². The van der Waals surface area contributed by atoms with E-state index < -0.39 is 0 Å². The van der Waals surface area contributed by atoms with Crippen LogP contribution >= 0.6 is 0 Å². The van der Waals surface area contributed by atoms with Gasteiger partial charge in [0, 0.05) is 0 Å². The van der Waals surface area contributed by atoms with Gasteiger partial charge in [-0.05, 0) is 12.1 Å². The summed E-state index contributed by atoms with van der Waals surface area (Å²) in [5.41, 5.74) is 6.40. The first kappa shape index (κ1) is 6.52. The van der Waals surface area contributed by atoms with Crippen molar-refractivity contribution in [2.45, 2.75) is 0 Å². The van der Waals surface area contributed by atoms with Crippen molar-refractivity contribution in [3.63, 3.8) is 0 Å². The molecule has 2 N–H and O–H groups in total. The number of benzene rings is 1. The van der Waals surface area contributed by atoms with E-state index in [4.69, 9.17) is 5.73 Å². The Balaban J connectivity index is 3.14. The van der Waals surface area contributed by atoms with E-state index >= 15 is 0 Å². The molecule has 3 nitrogen and oxygen atoms in total. The molecule has 3 heteroatoms. The molecule has 10 heavy (non-hydrogen) atoms. The van der Waals surface area contributed by atoms with Gasteiger partial charge in [-0.15, -0.1) is 0 Å². The lowest BCUT2D eigenvalue weighted by Gasteiger charge is -1.93. The van der Waals surface area contributed by atoms with Gasteiger partial charge in [-0.1, -0.05) is 12.1 Å². The second kappa shape index (κ2) is 2.80. The monoisotopic (exact) mass is 134 g/mol. The SMILES string of the molecule is Nc1ccccc1N=C=O. The summed E-state index contributed by atoms with van der Waals surface area (Å²) < 4.78 is 0. The number of rotatable bonds is 1. The zero-order valence-corrected chi connectivity index (χ0v) is 5.24. The number of isocyanates is 1. The molecule has 1 aromatic carbocycles. The third-order valence-corrected chi connectivity index (χ3v) is 1.10. The number of nitrogen functional groups attached to an aromatic ring is 1. The summed E-state index contributed by atoms with van der Waals surface area (Å²) in [5.74, 6) is 0. The average molecular weight is 134 g/mol. The smallest absolute Gasteiger partial charge is 0.240 e. The lowest BCUT2D eigenvalue weighted by molar-refractivity contribution is 0.565. The number of para-hydroxylation sites is 2. The van der Waals surface area contributed by atoms with E-state index in [1.807, 2.05) is 0 Å². The summed E-state index contributed by atoms with van der Waals surface area (Å²) >= 11 is 0. The molecule has 0 spiro atoms. The molecular formula is C7H6N2O. The van der Waals surface area contributed by atoms with Crippen LogP contribution in [0.3, 0.4) is 0 Å². The van der Waals surface area contributed by atoms with Gasteiger partial charge in [-0.2, -0.15) is 4.99 Å². The van der Waals surface area contributed by atoms with E-state index in [2.05, 4.69) is 4.99 Å². The Labute approximate surface area is 58.2 Å². The predicted molar refractivity (Wildman–Crippen MR) is 38.6 cm³/mol. The highest BCUT2D eigenvalue weighted by atomic mass is 16.1. The van der Waals surface area contributed by atoms with Crippen LogP contribution in [0.15, 0.2) is 29.3 Å². The lowest BCUT2D eigenvalue weighted by atomic mass is 10.3. The molecule has 0 radical (unpaired) electrons. The van der Waals surface area contributed by atoms with Crippen LogP contribution in [0.4, 0.5) is 11.4 Å². The Morgan fingerprint density at radius 3 is 2.70 bits per heavy atom. The largest absolute Gasteiger partial charge is 0.397 e. The van der Waals surface area contributed by atoms with E-state index in [9.17, 15) is 4.79 Å². The number of hydrogen-bond acceptors (Lipinski definition) is 3. The zero-order valence-electron chi connectivity index (χ0n) is 5.24. The number of anilines is 1. The number of hydrogen-bond donors (Lipinski definition) is 1. The third-order valence-electron chi connectivity index (χ3n) is 1.10. The topological polar surface area (TPSA) is 55.4 Å². The quantitative estimate of drug-likeness (QED) is 0.357. The summed E-state index contributed by atoms with van der Waals surface area (Å²) in [6.07, 6.45) is 1.42. The minimum Gasteiger partial charge on any atom is -0.397 e. The standard InChI is InChI=1S/C7H6N2O/c8-6-3-1-2-4-7(6)9-5-10/h1-4H,8H2. The molecule has 0 saturated carbocycles. The van der Waals surface area contributed by atoms with Crippen LogP contribution in [0, 0.1) is 0 Å². The molecule has 0 aliphatic heterocycles. The van der Waals surface area contributed by atoms with Gasteiger partial charge < -0.3 is 5.73 Å². The number of carbonyl (C=O) groups excluding carboxylic acids is 1. The predicted octanol–water partition coefficient (Wildman–Crippen LogP) is 1.24. The van der Waals surface area contributed by atoms with E-state index in [1.165, 1.54) is 6.08 Å². The minimum absolute atomic E-state index is 0.470. The van der Waals surface area contributed by atoms with Crippen molar-refractivity contribution in [3.8, 4) is 0 Å². The molecule has 0 aliphatic carbocycles. The maximum atomic E-state index is 9.78. The molecule has 0 atom stereocenters. The molecule has 0 saturated heterocycles. The second-order valence-electron chi connectivity index (χ2n) is 1.76. The van der Waals surface area contributed by atoms with Gasteiger partial charge in [-0.25, -0.2) is 4.79 Å². The van der Waals surface area contributed by atoms with Crippen molar-refractivity contribution in [1.29, 1.82) is 0 Å². The van der Waals surface area contributed by atoms with Crippen molar-refractivity contribution in [3.05, 3.63) is 24.3 Å². The molecule has 0 aromatic heterocycles. The molecule has 1 aromatic rings. The van der Waals surface area contributed by atoms with Gasteiger partial charge >= 0.3 is 0 Å². The molecule has 0 bridgehead atoms. The van der Waals surface area contributed by atoms with Crippen molar-refractivity contribution in [2.75, 3.05) is 5.73 Å². The Bertz CT molecular complexity index is 277. The highest BCUT2D eigenvalue weighted by Crippen LogP contribution is 2.18. The number of nitrogens with two attached hydrogens (primary N) is 1. The maximum absolute atomic E-state index is 9.78. The van der Waals surface area contributed by atoms with Crippen LogP contribution in [-0.2, 0) is 4.79 Å². The molecule has 0 heterocycles. The summed E-state index contributed by atoms with van der Waals surface area (Å²) in [5, 5.41) is 0. The van der Waals surface area contributed by atoms with Crippen molar-refractivity contribution in [1.82, 2.24) is 0 Å². The first-order valence-corrected chi connectivity index (χ1v) is 2.77. The zero-order chi connectivity index (χ0) is 7.40. The first-order valence-electron chi connectivity index (χ1n) is 2.77. The van der Waals surface area contributed by atoms with Gasteiger partial charge in [0.1, 0.15) is 0 Å². The Morgan fingerprint density at radius 2 is 2.10 bits per heavy atom. The van der Waals surface area contributed by atoms with Crippen molar-refractivity contribution >= 4 is 17.5 Å². The van der Waals surface area contributed by atoms with Crippen LogP contribution in [0.5, 0.6) is 0 Å². The summed E-state index contributed by atoms with van der Waals surface area (Å²) in [6.45, 7) is 0. The summed E-state index contributed by atoms with van der Waals surface area (Å²) in [6, 6.07) is 6.86. The molecule has 1 rings (SSSR count). The summed E-state index contributed by atoms with van der Waals surface area (Å²) in [7, 11) is 0. The molecular weight excluding hydrogens is 128 g/mol. The average Bonchev–Trinajstić information content (AvgIpc) is 1.94. The fourth-order valence-electron chi connectivity index (χ4n) is 0.639. The normalized spacial score (nSPS) is 8.40. The highest BCUT2D eigenvalue weighted by molar-refractivity contribution is 5.65. The highest BCUT2D eigenvalue weighted by Gasteiger charge is 1.91. The molecule has 0 fully saturated rings.